The number of rotatable bonds is 8. The van der Waals surface area contributed by atoms with Crippen molar-refractivity contribution in [2.45, 2.75) is 38.6 Å². The molecule has 2 rings (SSSR count). The van der Waals surface area contributed by atoms with E-state index in [9.17, 15) is 14.7 Å². The fourth-order valence-electron chi connectivity index (χ4n) is 2.60. The number of carboxylic acids is 1. The third kappa shape index (κ3) is 5.03. The van der Waals surface area contributed by atoms with Crippen molar-refractivity contribution in [1.29, 1.82) is 0 Å². The van der Waals surface area contributed by atoms with Crippen LogP contribution >= 0.6 is 11.3 Å². The number of ether oxygens (including phenoxy) is 1. The molecule has 1 amide bonds. The molecule has 0 bridgehead atoms. The van der Waals surface area contributed by atoms with Crippen molar-refractivity contribution >= 4 is 23.2 Å². The molecule has 0 aliphatic rings. The Bertz CT molecular complexity index is 759. The normalized spacial score (nSPS) is 13.1. The molecule has 0 fully saturated rings. The minimum atomic E-state index is -1.04. The maximum absolute atomic E-state index is 12.5. The Kier molecular flexibility index (Phi) is 6.14. The number of hydrogen-bond donors (Lipinski definition) is 2. The van der Waals surface area contributed by atoms with Gasteiger partial charge in [0, 0.05) is 5.38 Å². The molecule has 0 saturated carbocycles. The number of aliphatic carboxylic acids is 1. The molecule has 1 atom stereocenters. The molecule has 2 N–H and O–H groups in total. The fraction of sp³-hybridized carbons (Fsp3) is 0.389. The summed E-state index contributed by atoms with van der Waals surface area (Å²) >= 11 is 1.52. The lowest BCUT2D eigenvalue weighted by atomic mass is 9.88. The van der Waals surface area contributed by atoms with Gasteiger partial charge in [0.2, 0.25) is 5.91 Å². The van der Waals surface area contributed by atoms with E-state index in [0.29, 0.717) is 17.0 Å². The minimum Gasteiger partial charge on any atom is -0.497 e. The zero-order chi connectivity index (χ0) is 18.4. The van der Waals surface area contributed by atoms with Crippen molar-refractivity contribution in [3.63, 3.8) is 0 Å². The first-order valence-corrected chi connectivity index (χ1v) is 8.85. The summed E-state index contributed by atoms with van der Waals surface area (Å²) in [5, 5.41) is 15.0. The van der Waals surface area contributed by atoms with Gasteiger partial charge in [-0.25, -0.2) is 4.98 Å². The number of thiazole rings is 1. The predicted molar refractivity (Wildman–Crippen MR) is 95.9 cm³/mol. The molecule has 1 heterocycles. The van der Waals surface area contributed by atoms with Gasteiger partial charge in [-0.1, -0.05) is 19.1 Å². The van der Waals surface area contributed by atoms with Gasteiger partial charge in [0.15, 0.2) is 0 Å². The Morgan fingerprint density at radius 3 is 2.76 bits per heavy atom. The number of hydrogen-bond acceptors (Lipinski definition) is 5. The second kappa shape index (κ2) is 8.11. The van der Waals surface area contributed by atoms with Crippen LogP contribution in [0.5, 0.6) is 5.75 Å². The van der Waals surface area contributed by atoms with E-state index in [0.717, 1.165) is 11.4 Å². The summed E-state index contributed by atoms with van der Waals surface area (Å²) in [6.07, 6.45) is 0.714. The highest BCUT2D eigenvalue weighted by molar-refractivity contribution is 7.09. The van der Waals surface area contributed by atoms with Crippen molar-refractivity contribution in [3.05, 3.63) is 45.9 Å². The summed E-state index contributed by atoms with van der Waals surface area (Å²) in [6.45, 7) is 3.71. The Hall–Kier alpha value is -2.41. The smallest absolute Gasteiger partial charge is 0.306 e. The molecule has 1 aromatic carbocycles. The Labute approximate surface area is 150 Å². The lowest BCUT2D eigenvalue weighted by molar-refractivity contribution is -0.139. The van der Waals surface area contributed by atoms with E-state index in [1.54, 1.807) is 38.3 Å². The summed E-state index contributed by atoms with van der Waals surface area (Å²) in [6, 6.07) is 7.06. The summed E-state index contributed by atoms with van der Waals surface area (Å²) in [5.41, 5.74) is 0.332. The van der Waals surface area contributed by atoms with Crippen LogP contribution in [0.15, 0.2) is 29.6 Å². The highest BCUT2D eigenvalue weighted by Crippen LogP contribution is 2.28. The molecule has 2 aromatic rings. The van der Waals surface area contributed by atoms with Crippen LogP contribution in [0.25, 0.3) is 0 Å². The van der Waals surface area contributed by atoms with Gasteiger partial charge in [-0.3, -0.25) is 9.59 Å². The summed E-state index contributed by atoms with van der Waals surface area (Å²) in [5.74, 6) is -0.650. The second-order valence-electron chi connectivity index (χ2n) is 5.95. The quantitative estimate of drug-likeness (QED) is 0.754. The Morgan fingerprint density at radius 2 is 2.16 bits per heavy atom. The third-order valence-corrected chi connectivity index (χ3v) is 4.91. The molecule has 25 heavy (non-hydrogen) atoms. The molecule has 134 valence electrons. The lowest BCUT2D eigenvalue weighted by Crippen LogP contribution is -2.45. The van der Waals surface area contributed by atoms with E-state index in [1.807, 2.05) is 12.3 Å². The molecule has 0 aliphatic heterocycles. The molecular formula is C18H22N2O4S. The number of methoxy groups -OCH3 is 1. The maximum atomic E-state index is 12.5. The van der Waals surface area contributed by atoms with Gasteiger partial charge in [0.05, 0.1) is 36.2 Å². The van der Waals surface area contributed by atoms with E-state index in [4.69, 9.17) is 4.74 Å². The average molecular weight is 362 g/mol. The predicted octanol–water partition coefficient (Wildman–Crippen LogP) is 2.76. The SMILES string of the molecule is CCc1nc(CC(=O)NC(C)(CC(=O)O)c2cccc(OC)c2)cs1. The van der Waals surface area contributed by atoms with Crippen molar-refractivity contribution in [3.8, 4) is 5.75 Å². The van der Waals surface area contributed by atoms with Crippen molar-refractivity contribution < 1.29 is 19.4 Å². The van der Waals surface area contributed by atoms with E-state index in [2.05, 4.69) is 10.3 Å². The maximum Gasteiger partial charge on any atom is 0.306 e. The summed E-state index contributed by atoms with van der Waals surface area (Å²) in [7, 11) is 1.54. The van der Waals surface area contributed by atoms with Crippen LogP contribution in [0, 0.1) is 0 Å². The number of carbonyl (C=O) groups excluding carboxylic acids is 1. The molecule has 0 aliphatic carbocycles. The lowest BCUT2D eigenvalue weighted by Gasteiger charge is -2.30. The van der Waals surface area contributed by atoms with Crippen molar-refractivity contribution in [1.82, 2.24) is 10.3 Å². The molecule has 0 spiro atoms. The Morgan fingerprint density at radius 1 is 1.40 bits per heavy atom. The molecule has 1 unspecified atom stereocenters. The van der Waals surface area contributed by atoms with Gasteiger partial charge in [-0.05, 0) is 31.0 Å². The number of nitrogens with one attached hydrogen (secondary N) is 1. The van der Waals surface area contributed by atoms with E-state index in [1.165, 1.54) is 11.3 Å². The van der Waals surface area contributed by atoms with E-state index in [-0.39, 0.29) is 18.7 Å². The highest BCUT2D eigenvalue weighted by atomic mass is 32.1. The number of benzene rings is 1. The molecular weight excluding hydrogens is 340 g/mol. The van der Waals surface area contributed by atoms with Crippen LogP contribution in [-0.2, 0) is 28.0 Å². The summed E-state index contributed by atoms with van der Waals surface area (Å²) < 4.78 is 5.20. The summed E-state index contributed by atoms with van der Waals surface area (Å²) in [4.78, 5) is 28.2. The van der Waals surface area contributed by atoms with Gasteiger partial charge in [0.25, 0.3) is 0 Å². The van der Waals surface area contributed by atoms with Crippen LogP contribution in [0.2, 0.25) is 0 Å². The van der Waals surface area contributed by atoms with Crippen molar-refractivity contribution in [2.24, 2.45) is 0 Å². The van der Waals surface area contributed by atoms with Gasteiger partial charge >= 0.3 is 5.97 Å². The molecule has 1 aromatic heterocycles. The minimum absolute atomic E-state index is 0.121. The number of aryl methyl sites for hydroxylation is 1. The van der Waals surface area contributed by atoms with Crippen LogP contribution in [-0.4, -0.2) is 29.1 Å². The van der Waals surface area contributed by atoms with E-state index >= 15 is 0 Å². The number of aromatic nitrogens is 1. The van der Waals surface area contributed by atoms with Gasteiger partial charge in [0.1, 0.15) is 5.75 Å². The van der Waals surface area contributed by atoms with Gasteiger partial charge in [-0.2, -0.15) is 0 Å². The molecule has 0 saturated heterocycles. The van der Waals surface area contributed by atoms with Crippen LogP contribution in [0.1, 0.15) is 36.5 Å². The largest absolute Gasteiger partial charge is 0.497 e. The number of nitrogens with zero attached hydrogens (tertiary/aromatic N) is 1. The first-order valence-electron chi connectivity index (χ1n) is 7.97. The monoisotopic (exact) mass is 362 g/mol. The molecule has 6 nitrogen and oxygen atoms in total. The zero-order valence-corrected chi connectivity index (χ0v) is 15.4. The third-order valence-electron chi connectivity index (χ3n) is 3.87. The standard InChI is InChI=1S/C18H22N2O4S/c1-4-16-19-13(11-25-16)9-15(21)20-18(2,10-17(22)23)12-6-5-7-14(8-12)24-3/h5-8,11H,4,9-10H2,1-3H3,(H,20,21)(H,22,23). The van der Waals surface area contributed by atoms with Crippen molar-refractivity contribution in [2.75, 3.05) is 7.11 Å². The van der Waals surface area contributed by atoms with Crippen LogP contribution < -0.4 is 10.1 Å². The molecule has 7 heteroatoms. The first-order chi connectivity index (χ1) is 11.9. The Balaban J connectivity index is 2.20. The second-order valence-corrected chi connectivity index (χ2v) is 6.89. The average Bonchev–Trinajstić information content (AvgIpc) is 3.01. The van der Waals surface area contributed by atoms with E-state index < -0.39 is 11.5 Å². The number of amides is 1. The highest BCUT2D eigenvalue weighted by Gasteiger charge is 2.32. The van der Waals surface area contributed by atoms with Crippen LogP contribution in [0.4, 0.5) is 0 Å². The molecule has 0 radical (unpaired) electrons. The number of carbonyl (C=O) groups is 2. The fourth-order valence-corrected chi connectivity index (χ4v) is 3.34. The topological polar surface area (TPSA) is 88.5 Å². The number of carboxylic acid groups (broad SMARTS) is 1. The zero-order valence-electron chi connectivity index (χ0n) is 14.5. The van der Waals surface area contributed by atoms with Gasteiger partial charge < -0.3 is 15.2 Å². The first kappa shape index (κ1) is 18.9. The van der Waals surface area contributed by atoms with Gasteiger partial charge in [-0.15, -0.1) is 11.3 Å². The van der Waals surface area contributed by atoms with Crippen LogP contribution in [0.3, 0.4) is 0 Å².